The van der Waals surface area contributed by atoms with Crippen LogP contribution in [0.1, 0.15) is 117 Å². The molecule has 0 heterocycles. The Bertz CT molecular complexity index is 1790. The fourth-order valence-corrected chi connectivity index (χ4v) is 7.51. The van der Waals surface area contributed by atoms with Crippen LogP contribution in [-0.4, -0.2) is 108 Å². The molecule has 8 atom stereocenters. The van der Waals surface area contributed by atoms with E-state index in [2.05, 4.69) is 69.3 Å². The highest BCUT2D eigenvalue weighted by atomic mass is 31.2. The lowest BCUT2D eigenvalue weighted by molar-refractivity contribution is -0.213. The van der Waals surface area contributed by atoms with Gasteiger partial charge in [-0.1, -0.05) is 89.9 Å². The van der Waals surface area contributed by atoms with E-state index in [4.69, 9.17) is 18.5 Å². The molecular weight excluding hydrogens is 855 g/mol. The molecule has 0 spiro atoms. The van der Waals surface area contributed by atoms with Crippen LogP contribution in [0.15, 0.2) is 0 Å². The first-order valence-corrected chi connectivity index (χ1v) is 23.3. The van der Waals surface area contributed by atoms with Crippen molar-refractivity contribution in [2.24, 2.45) is 0 Å². The summed E-state index contributed by atoms with van der Waals surface area (Å²) in [5.74, 6) is 21.4. The molecule has 1 fully saturated rings. The average molecular weight is 930 g/mol. The molecule has 11 N–H and O–H groups in total. The van der Waals surface area contributed by atoms with Crippen molar-refractivity contribution in [1.82, 2.24) is 6.15 Å². The Morgan fingerprint density at radius 1 is 0.600 bits per heavy atom. The third-order valence-electron chi connectivity index (χ3n) is 8.13. The summed E-state index contributed by atoms with van der Waals surface area (Å²) in [6.07, 6.45) is -2.96. The van der Waals surface area contributed by atoms with Gasteiger partial charge >= 0.3 is 35.4 Å². The fraction of sp³-hybridized carbons (Fsp3) is 0.676. The summed E-state index contributed by atoms with van der Waals surface area (Å²) >= 11 is 0. The van der Waals surface area contributed by atoms with Gasteiger partial charge in [0.05, 0.1) is 6.61 Å². The van der Waals surface area contributed by atoms with Crippen LogP contribution in [0, 0.1) is 59.2 Å². The number of hydrogen-bond donors (Lipinski definition) is 9. The maximum atomic E-state index is 13.0. The average Bonchev–Trinajstić information content (AvgIpc) is 3.15. The molecule has 1 aliphatic carbocycles. The first kappa shape index (κ1) is 56.9. The first-order valence-electron chi connectivity index (χ1n) is 18.8. The smallest absolute Gasteiger partial charge is 0.456 e. The van der Waals surface area contributed by atoms with Gasteiger partial charge in [0.25, 0.3) is 0 Å². The van der Waals surface area contributed by atoms with E-state index in [0.29, 0.717) is 12.8 Å². The number of carbonyl (C=O) groups excluding carboxylic acids is 2. The minimum Gasteiger partial charge on any atom is -0.456 e. The maximum Gasteiger partial charge on any atom is 0.472 e. The van der Waals surface area contributed by atoms with Gasteiger partial charge in [0.15, 0.2) is 6.10 Å². The van der Waals surface area contributed by atoms with Gasteiger partial charge in [-0.15, -0.1) is 0 Å². The third kappa shape index (κ3) is 27.0. The maximum absolute atomic E-state index is 13.0. The third-order valence-corrected chi connectivity index (χ3v) is 10.1. The molecule has 60 heavy (non-hydrogen) atoms. The molecule has 0 aromatic rings. The van der Waals surface area contributed by atoms with Crippen molar-refractivity contribution in [2.75, 3.05) is 13.2 Å². The van der Waals surface area contributed by atoms with Crippen LogP contribution in [0.25, 0.3) is 0 Å². The van der Waals surface area contributed by atoms with E-state index in [1.807, 2.05) is 5.92 Å². The minimum absolute atomic E-state index is 0. The van der Waals surface area contributed by atoms with Gasteiger partial charge in [0.2, 0.25) is 0 Å². The quantitative estimate of drug-likeness (QED) is 0.0183. The predicted molar refractivity (Wildman–Crippen MR) is 232 cm³/mol. The lowest BCUT2D eigenvalue weighted by Crippen LogP contribution is -2.65. The summed E-state index contributed by atoms with van der Waals surface area (Å²) in [7, 11) is -16.7. The van der Waals surface area contributed by atoms with Crippen molar-refractivity contribution < 1.29 is 103 Å². The molecular formula is C37H74NO19P3. The highest BCUT2D eigenvalue weighted by Gasteiger charge is 2.56. The molecule has 1 rings (SSSR count). The zero-order valence-electron chi connectivity index (χ0n) is 33.5. The molecule has 356 valence electrons. The van der Waals surface area contributed by atoms with E-state index < -0.39 is 91.3 Å². The van der Waals surface area contributed by atoms with Crippen molar-refractivity contribution in [2.45, 2.75) is 146 Å². The van der Waals surface area contributed by atoms with Gasteiger partial charge in [0.1, 0.15) is 43.2 Å². The Kier molecular flexibility index (Phi) is 29.3. The molecule has 23 heteroatoms. The molecule has 0 aromatic heterocycles. The summed E-state index contributed by atoms with van der Waals surface area (Å²) in [6, 6.07) is 0. The Morgan fingerprint density at radius 2 is 1.00 bits per heavy atom. The minimum atomic E-state index is -5.57. The van der Waals surface area contributed by atoms with Crippen molar-refractivity contribution in [3.05, 3.63) is 0 Å². The number of ether oxygens (including phenoxy) is 2. The molecule has 0 saturated heterocycles. The van der Waals surface area contributed by atoms with Crippen LogP contribution < -0.4 is 6.15 Å². The van der Waals surface area contributed by atoms with E-state index in [1.54, 1.807) is 6.92 Å². The molecule has 0 aliphatic heterocycles. The van der Waals surface area contributed by atoms with Gasteiger partial charge in [-0.2, -0.15) is 0 Å². The molecule has 20 nitrogen and oxygen atoms in total. The molecule has 0 amide bonds. The van der Waals surface area contributed by atoms with Gasteiger partial charge in [-0.25, -0.2) is 18.5 Å². The van der Waals surface area contributed by atoms with E-state index >= 15 is 0 Å². The Morgan fingerprint density at radius 3 is 1.43 bits per heavy atom. The molecule has 1 aliphatic rings. The summed E-state index contributed by atoms with van der Waals surface area (Å²) in [5.41, 5.74) is 0. The molecule has 0 aromatic carbocycles. The number of hydrogen-bond acceptors (Lipinski definition) is 15. The Balaban J connectivity index is -0.000000435. The number of aliphatic hydroxyl groups excluding tert-OH is 3. The van der Waals surface area contributed by atoms with Crippen molar-refractivity contribution in [1.29, 1.82) is 0 Å². The fourth-order valence-electron chi connectivity index (χ4n) is 5.40. The first-order chi connectivity index (χ1) is 27.8. The standard InChI is InChI=1S/C37H53O19P3.H3N.9H2/c1-3-5-7-9-11-13-14-15-16-18-20-22-24-26-31(39)53-29(27-51-30(38)25-23-21-19-17-12-10-8-6-4-2)28-52-59(49,50)56-37-33(41)35(54-57(43,44)45)32(40)36(34(37)42)55-58(46,47)48;;;;;;;;;;/h29,32-37,40-42H,3,5,7,9,11,13-16,18,20,22,24,26-28H2,1-2H3,(H,49,50)(H2,43,44,45)(H2,46,47,48);1H3;9*1H/t29-,32?,33-,34?,35-,36+,37?;;;;;;;;;;/m1........../s1. The molecule has 4 unspecified atom stereocenters. The zero-order valence-corrected chi connectivity index (χ0v) is 36.2. The summed E-state index contributed by atoms with van der Waals surface area (Å²) < 4.78 is 64.4. The molecule has 1 saturated carbocycles. The highest BCUT2D eigenvalue weighted by molar-refractivity contribution is 7.47. The summed E-state index contributed by atoms with van der Waals surface area (Å²) in [5, 5.41) is 31.6. The van der Waals surface area contributed by atoms with Gasteiger partial charge < -0.3 is 55.4 Å². The van der Waals surface area contributed by atoms with Gasteiger partial charge in [0, 0.05) is 25.2 Å². The second-order valence-electron chi connectivity index (χ2n) is 13.0. The molecule has 0 bridgehead atoms. The predicted octanol–water partition coefficient (Wildman–Crippen LogP) is 4.89. The van der Waals surface area contributed by atoms with Crippen LogP contribution in [0.2, 0.25) is 0 Å². The summed E-state index contributed by atoms with van der Waals surface area (Å²) in [4.78, 5) is 72.3. The van der Waals surface area contributed by atoms with Crippen LogP contribution in [0.4, 0.5) is 0 Å². The Labute approximate surface area is 363 Å². The Hall–Kier alpha value is -3.09. The van der Waals surface area contributed by atoms with Gasteiger partial charge in [-0.05, 0) is 60.7 Å². The normalized spacial score (nSPS) is 21.1. The summed E-state index contributed by atoms with van der Waals surface area (Å²) in [6.45, 7) is 1.96. The van der Waals surface area contributed by atoms with Crippen molar-refractivity contribution in [3.63, 3.8) is 0 Å². The lowest BCUT2D eigenvalue weighted by atomic mass is 9.85. The lowest BCUT2D eigenvalue weighted by Gasteiger charge is -2.44. The number of phosphoric acid groups is 3. The number of rotatable bonds is 26. The van der Waals surface area contributed by atoms with E-state index in [-0.39, 0.29) is 25.4 Å². The highest BCUT2D eigenvalue weighted by Crippen LogP contribution is 2.51. The number of phosphoric ester groups is 3. The van der Waals surface area contributed by atoms with E-state index in [9.17, 15) is 63.1 Å². The van der Waals surface area contributed by atoms with Crippen LogP contribution in [0.3, 0.4) is 0 Å². The van der Waals surface area contributed by atoms with Crippen LogP contribution >= 0.6 is 23.5 Å². The van der Waals surface area contributed by atoms with Crippen LogP contribution in [0.5, 0.6) is 0 Å². The number of carbonyl (C=O) groups is 2. The van der Waals surface area contributed by atoms with Gasteiger partial charge in [-0.3, -0.25) is 22.9 Å². The number of esters is 2. The number of aliphatic hydroxyl groups is 3. The van der Waals surface area contributed by atoms with Crippen molar-refractivity contribution >= 4 is 35.4 Å². The second kappa shape index (κ2) is 30.9. The van der Waals surface area contributed by atoms with Crippen molar-refractivity contribution in [3.8, 4) is 59.2 Å². The number of unbranched alkanes of at least 4 members (excludes halogenated alkanes) is 12. The second-order valence-corrected chi connectivity index (χ2v) is 16.8. The monoisotopic (exact) mass is 929 g/mol. The largest absolute Gasteiger partial charge is 0.472 e. The topological polar surface area (TPSA) is 338 Å². The zero-order chi connectivity index (χ0) is 44.3. The van der Waals surface area contributed by atoms with Crippen LogP contribution in [-0.2, 0) is 50.9 Å². The molecule has 0 radical (unpaired) electrons. The SMILES string of the molecule is CC#CC#CC#CC#CC#CC(=O)OC[C@H](COP(=O)(O)OC1C(O)[C@@H](OP(=O)(O)O)C(O)[C@@H](OP(=O)(O)O)[C@H]1O)OC(=O)CCCCCCCCCCCCCCC.N.[HH].[HH].[HH].[HH].[HH].[HH].[HH].[HH].[HH]. The van der Waals surface area contributed by atoms with E-state index in [0.717, 1.165) is 25.7 Å². The van der Waals surface area contributed by atoms with E-state index in [1.165, 1.54) is 44.9 Å².